The molecule has 4 heterocycles. The zero-order valence-electron chi connectivity index (χ0n) is 20.9. The first-order chi connectivity index (χ1) is 18.3. The predicted molar refractivity (Wildman–Crippen MR) is 136 cm³/mol. The van der Waals surface area contributed by atoms with Gasteiger partial charge in [-0.15, -0.1) is 0 Å². The van der Waals surface area contributed by atoms with Gasteiger partial charge in [0.1, 0.15) is 35.0 Å². The average molecular weight is 530 g/mol. The molecule has 202 valence electrons. The fourth-order valence-electron chi connectivity index (χ4n) is 4.89. The largest absolute Gasteiger partial charge is 0.488 e. The van der Waals surface area contributed by atoms with Gasteiger partial charge < -0.3 is 30.5 Å². The van der Waals surface area contributed by atoms with Crippen LogP contribution in [0.2, 0.25) is 0 Å². The second-order valence-electron chi connectivity index (χ2n) is 9.78. The van der Waals surface area contributed by atoms with Crippen molar-refractivity contribution in [2.75, 3.05) is 36.5 Å². The van der Waals surface area contributed by atoms with Gasteiger partial charge in [-0.1, -0.05) is 6.92 Å². The molecule has 0 radical (unpaired) electrons. The van der Waals surface area contributed by atoms with Crippen molar-refractivity contribution in [3.8, 4) is 17.0 Å². The number of nitrogens with zero attached hydrogens (tertiary/aromatic N) is 3. The van der Waals surface area contributed by atoms with Crippen LogP contribution in [0.4, 0.5) is 24.5 Å². The molecule has 38 heavy (non-hydrogen) atoms. The topological polar surface area (TPSA) is 106 Å². The Morgan fingerprint density at radius 2 is 1.95 bits per heavy atom. The fraction of sp³-hybridized carbons (Fsp3) is 0.407. The smallest absolute Gasteiger partial charge is 0.149 e. The van der Waals surface area contributed by atoms with Crippen molar-refractivity contribution in [1.29, 1.82) is 0 Å². The number of aromatic nitrogens is 2. The van der Waals surface area contributed by atoms with Crippen molar-refractivity contribution >= 4 is 11.4 Å². The lowest BCUT2D eigenvalue weighted by Gasteiger charge is -2.40. The Labute approximate surface area is 218 Å². The molecule has 4 atom stereocenters. The second kappa shape index (κ2) is 11.1. The van der Waals surface area contributed by atoms with Crippen molar-refractivity contribution < 1.29 is 27.8 Å². The van der Waals surface area contributed by atoms with Gasteiger partial charge in [0.2, 0.25) is 0 Å². The Morgan fingerprint density at radius 3 is 2.66 bits per heavy atom. The molecule has 5 rings (SSSR count). The van der Waals surface area contributed by atoms with E-state index < -0.39 is 40.9 Å². The van der Waals surface area contributed by atoms with E-state index in [4.69, 9.17) is 15.2 Å². The normalized spacial score (nSPS) is 23.5. The summed E-state index contributed by atoms with van der Waals surface area (Å²) >= 11 is 0. The molecule has 8 nitrogen and oxygen atoms in total. The number of hydrogen-bond donors (Lipinski definition) is 3. The molecule has 0 bridgehead atoms. The van der Waals surface area contributed by atoms with Gasteiger partial charge in [0.15, 0.2) is 0 Å². The van der Waals surface area contributed by atoms with Crippen molar-refractivity contribution in [3.63, 3.8) is 0 Å². The number of piperidine rings is 1. The van der Waals surface area contributed by atoms with E-state index in [-0.39, 0.29) is 24.3 Å². The highest BCUT2D eigenvalue weighted by Crippen LogP contribution is 2.32. The van der Waals surface area contributed by atoms with E-state index in [1.807, 2.05) is 13.0 Å². The van der Waals surface area contributed by atoms with Crippen molar-refractivity contribution in [2.24, 2.45) is 11.7 Å². The monoisotopic (exact) mass is 529 g/mol. The number of rotatable bonds is 7. The first kappa shape index (κ1) is 26.2. The van der Waals surface area contributed by atoms with Crippen LogP contribution in [0.1, 0.15) is 19.0 Å². The molecule has 2 saturated heterocycles. The summed E-state index contributed by atoms with van der Waals surface area (Å²) in [4.78, 5) is 10.5. The number of anilines is 2. The highest BCUT2D eigenvalue weighted by atomic mass is 19.1. The van der Waals surface area contributed by atoms with E-state index in [1.54, 1.807) is 12.4 Å². The summed E-state index contributed by atoms with van der Waals surface area (Å²) < 4.78 is 55.5. The standard InChI is InChI=1S/C27H30F3N5O3/c1-15-12-35(13-22(31)27(15)36)24-4-6-32-11-23(24)33-10-16-2-3-19(28)26(34-16)25-20(29)8-18(9-21(25)30)38-17-5-7-37-14-17/h2-4,6,8-9,11,15,17,22,27,33,36H,5,7,10,12-14,31H2,1H3. The summed E-state index contributed by atoms with van der Waals surface area (Å²) in [5, 5.41) is 13.4. The Hall–Kier alpha value is -3.41. The molecular formula is C27H30F3N5O3. The minimum atomic E-state index is -0.970. The SMILES string of the molecule is CC1CN(c2ccncc2NCc2ccc(F)c(-c3c(F)cc(OC4CCOC4)cc3F)n2)CC(N)C1O. The van der Waals surface area contributed by atoms with Crippen LogP contribution in [0.5, 0.6) is 5.75 Å². The molecule has 2 aromatic heterocycles. The summed E-state index contributed by atoms with van der Waals surface area (Å²) in [6.45, 7) is 4.04. The van der Waals surface area contributed by atoms with Gasteiger partial charge in [-0.3, -0.25) is 4.98 Å². The molecule has 0 amide bonds. The quantitative estimate of drug-likeness (QED) is 0.427. The summed E-state index contributed by atoms with van der Waals surface area (Å²) in [6.07, 6.45) is 3.07. The van der Waals surface area contributed by atoms with Gasteiger partial charge in [-0.05, 0) is 18.2 Å². The van der Waals surface area contributed by atoms with Crippen molar-refractivity contribution in [3.05, 3.63) is 65.9 Å². The van der Waals surface area contributed by atoms with Gasteiger partial charge in [0, 0.05) is 49.8 Å². The summed E-state index contributed by atoms with van der Waals surface area (Å²) in [6, 6.07) is 6.10. The zero-order chi connectivity index (χ0) is 26.8. The van der Waals surface area contributed by atoms with Crippen LogP contribution in [0.25, 0.3) is 11.3 Å². The van der Waals surface area contributed by atoms with E-state index in [9.17, 15) is 18.3 Å². The molecule has 3 aromatic rings. The molecule has 0 aliphatic carbocycles. The van der Waals surface area contributed by atoms with Crippen LogP contribution in [0, 0.1) is 23.4 Å². The Bertz CT molecular complexity index is 1260. The minimum absolute atomic E-state index is 0.0147. The molecule has 0 spiro atoms. The van der Waals surface area contributed by atoms with Crippen LogP contribution in [-0.4, -0.2) is 59.6 Å². The maximum atomic E-state index is 15.0. The molecule has 4 N–H and O–H groups in total. The lowest BCUT2D eigenvalue weighted by Crippen LogP contribution is -2.55. The number of hydrogen-bond acceptors (Lipinski definition) is 8. The number of aliphatic hydroxyl groups excluding tert-OH is 1. The second-order valence-corrected chi connectivity index (χ2v) is 9.78. The third-order valence-electron chi connectivity index (χ3n) is 6.91. The minimum Gasteiger partial charge on any atom is -0.488 e. The predicted octanol–water partition coefficient (Wildman–Crippen LogP) is 3.49. The summed E-state index contributed by atoms with van der Waals surface area (Å²) in [5.41, 5.74) is 7.04. The summed E-state index contributed by atoms with van der Waals surface area (Å²) in [7, 11) is 0. The van der Waals surface area contributed by atoms with Crippen LogP contribution < -0.4 is 20.7 Å². The summed E-state index contributed by atoms with van der Waals surface area (Å²) in [5.74, 6) is -2.79. The van der Waals surface area contributed by atoms with E-state index in [0.717, 1.165) is 23.9 Å². The molecule has 2 aliphatic rings. The number of nitrogens with two attached hydrogens (primary N) is 1. The first-order valence-corrected chi connectivity index (χ1v) is 12.6. The average Bonchev–Trinajstić information content (AvgIpc) is 3.40. The number of halogens is 3. The zero-order valence-corrected chi connectivity index (χ0v) is 20.9. The molecule has 4 unspecified atom stereocenters. The Morgan fingerprint density at radius 1 is 1.16 bits per heavy atom. The van der Waals surface area contributed by atoms with E-state index in [2.05, 4.69) is 20.2 Å². The number of pyridine rings is 2. The van der Waals surface area contributed by atoms with Gasteiger partial charge in [0.25, 0.3) is 0 Å². The Balaban J connectivity index is 1.35. The van der Waals surface area contributed by atoms with Crippen LogP contribution in [0.15, 0.2) is 42.7 Å². The van der Waals surface area contributed by atoms with Gasteiger partial charge in [-0.2, -0.15) is 0 Å². The first-order valence-electron chi connectivity index (χ1n) is 12.6. The number of ether oxygens (including phenoxy) is 2. The van der Waals surface area contributed by atoms with Gasteiger partial charge >= 0.3 is 0 Å². The molecule has 11 heteroatoms. The molecule has 2 fully saturated rings. The maximum Gasteiger partial charge on any atom is 0.149 e. The molecule has 2 aliphatic heterocycles. The maximum absolute atomic E-state index is 15.0. The molecular weight excluding hydrogens is 499 g/mol. The number of nitrogens with one attached hydrogen (secondary N) is 1. The highest BCUT2D eigenvalue weighted by molar-refractivity contribution is 5.69. The Kier molecular flexibility index (Phi) is 7.68. The van der Waals surface area contributed by atoms with Crippen LogP contribution in [-0.2, 0) is 11.3 Å². The molecule has 0 saturated carbocycles. The fourth-order valence-corrected chi connectivity index (χ4v) is 4.89. The lowest BCUT2D eigenvalue weighted by molar-refractivity contribution is 0.0785. The van der Waals surface area contributed by atoms with E-state index >= 15 is 0 Å². The van der Waals surface area contributed by atoms with Crippen molar-refractivity contribution in [1.82, 2.24) is 9.97 Å². The molecule has 1 aromatic carbocycles. The van der Waals surface area contributed by atoms with Crippen LogP contribution in [0.3, 0.4) is 0 Å². The number of aliphatic hydroxyl groups is 1. The van der Waals surface area contributed by atoms with Gasteiger partial charge in [0.05, 0.1) is 54.7 Å². The number of benzene rings is 1. The highest BCUT2D eigenvalue weighted by Gasteiger charge is 2.31. The van der Waals surface area contributed by atoms with Crippen molar-refractivity contribution in [2.45, 2.75) is 38.1 Å². The third-order valence-corrected chi connectivity index (χ3v) is 6.91. The van der Waals surface area contributed by atoms with E-state index in [1.165, 1.54) is 6.07 Å². The third kappa shape index (κ3) is 5.54. The lowest BCUT2D eigenvalue weighted by atomic mass is 9.92. The van der Waals surface area contributed by atoms with Gasteiger partial charge in [-0.25, -0.2) is 18.2 Å². The van der Waals surface area contributed by atoms with Crippen LogP contribution >= 0.6 is 0 Å². The van der Waals surface area contributed by atoms with E-state index in [0.29, 0.717) is 44.1 Å².